The van der Waals surface area contributed by atoms with Crippen molar-refractivity contribution < 1.29 is 39.5 Å². The third-order valence-corrected chi connectivity index (χ3v) is 3.16. The molecule has 2 aromatic rings. The van der Waals surface area contributed by atoms with E-state index in [2.05, 4.69) is 6.07 Å². The van der Waals surface area contributed by atoms with E-state index in [9.17, 15) is 39.5 Å². The summed E-state index contributed by atoms with van der Waals surface area (Å²) in [5, 5.41) is 0.147. The molecule has 0 heterocycles. The average Bonchev–Trinajstić information content (AvgIpc) is 2.45. The zero-order chi connectivity index (χ0) is 17.7. The number of halogens is 9. The fourth-order valence-electron chi connectivity index (χ4n) is 1.86. The number of hydrogen-bond acceptors (Lipinski definition) is 0. The van der Waals surface area contributed by atoms with Crippen molar-refractivity contribution in [1.82, 2.24) is 0 Å². The van der Waals surface area contributed by atoms with Gasteiger partial charge in [0.15, 0.2) is 0 Å². The van der Waals surface area contributed by atoms with Gasteiger partial charge in [-0.15, -0.1) is 0 Å². The number of fused-ring (bicyclic) bond motifs is 1. The topological polar surface area (TPSA) is 0 Å². The molecule has 2 aromatic carbocycles. The van der Waals surface area contributed by atoms with Gasteiger partial charge in [0.05, 0.1) is 0 Å². The predicted octanol–water partition coefficient (Wildman–Crippen LogP) is 5.56. The molecule has 1 radical (unpaired) electrons. The summed E-state index contributed by atoms with van der Waals surface area (Å²) in [6.45, 7) is 0. The molecule has 125 valence electrons. The Labute approximate surface area is 123 Å². The molecule has 0 nitrogen and oxygen atoms in total. The number of benzene rings is 2. The molecule has 0 fully saturated rings. The lowest BCUT2D eigenvalue weighted by molar-refractivity contribution is -0.399. The highest BCUT2D eigenvalue weighted by molar-refractivity contribution is 5.82. The smallest absolute Gasteiger partial charge is 0.194 e. The molecule has 0 bridgehead atoms. The molecular formula is C14H6F9. The normalized spacial score (nSPS) is 14.3. The van der Waals surface area contributed by atoms with Crippen LogP contribution in [0.5, 0.6) is 0 Å². The third kappa shape index (κ3) is 2.51. The first-order chi connectivity index (χ1) is 10.3. The van der Waals surface area contributed by atoms with E-state index in [-0.39, 0.29) is 16.8 Å². The van der Waals surface area contributed by atoms with Gasteiger partial charge in [0, 0.05) is 5.56 Å². The van der Waals surface area contributed by atoms with Crippen molar-refractivity contribution in [2.24, 2.45) is 0 Å². The van der Waals surface area contributed by atoms with Gasteiger partial charge in [0.2, 0.25) is 0 Å². The Balaban J connectivity index is 2.58. The van der Waals surface area contributed by atoms with Crippen molar-refractivity contribution in [2.45, 2.75) is 23.9 Å². The van der Waals surface area contributed by atoms with E-state index in [4.69, 9.17) is 0 Å². The maximum absolute atomic E-state index is 13.7. The lowest BCUT2D eigenvalue weighted by Gasteiger charge is -2.33. The van der Waals surface area contributed by atoms with Gasteiger partial charge >= 0.3 is 23.9 Å². The van der Waals surface area contributed by atoms with Gasteiger partial charge in [-0.2, -0.15) is 39.5 Å². The summed E-state index contributed by atoms with van der Waals surface area (Å²) < 4.78 is 116. The molecule has 0 aliphatic rings. The van der Waals surface area contributed by atoms with E-state index in [1.165, 1.54) is 24.3 Å². The van der Waals surface area contributed by atoms with E-state index in [0.29, 0.717) is 6.07 Å². The standard InChI is InChI=1S/C14H6F9/c15-11(16,12(17,18)13(19,20)14(21,22)23)10-6-5-8-3-1-2-4-9(8)7-10/h1-4,6-7H. The van der Waals surface area contributed by atoms with Gasteiger partial charge in [0.1, 0.15) is 0 Å². The molecule has 23 heavy (non-hydrogen) atoms. The van der Waals surface area contributed by atoms with E-state index in [0.717, 1.165) is 0 Å². The Hall–Kier alpha value is -1.93. The van der Waals surface area contributed by atoms with Gasteiger partial charge in [-0.25, -0.2) is 0 Å². The zero-order valence-corrected chi connectivity index (χ0v) is 10.9. The lowest BCUT2D eigenvalue weighted by atomic mass is 9.95. The van der Waals surface area contributed by atoms with Crippen LogP contribution in [-0.2, 0) is 5.92 Å². The summed E-state index contributed by atoms with van der Waals surface area (Å²) in [4.78, 5) is 0. The quantitative estimate of drug-likeness (QED) is 0.639. The minimum absolute atomic E-state index is 0.0594. The predicted molar refractivity (Wildman–Crippen MR) is 62.6 cm³/mol. The largest absolute Gasteiger partial charge is 0.460 e. The maximum atomic E-state index is 13.7. The number of hydrogen-bond donors (Lipinski definition) is 0. The van der Waals surface area contributed by atoms with Gasteiger partial charge < -0.3 is 0 Å². The molecule has 0 aromatic heterocycles. The maximum Gasteiger partial charge on any atom is 0.460 e. The molecule has 0 amide bonds. The highest BCUT2D eigenvalue weighted by Gasteiger charge is 2.82. The lowest BCUT2D eigenvalue weighted by Crippen LogP contribution is -2.59. The fraction of sp³-hybridized carbons (Fsp3) is 0.286. The minimum atomic E-state index is -6.91. The summed E-state index contributed by atoms with van der Waals surface area (Å²) in [6, 6.07) is 8.24. The first-order valence-electron chi connectivity index (χ1n) is 5.93. The second kappa shape index (κ2) is 5.04. The van der Waals surface area contributed by atoms with Crippen molar-refractivity contribution in [3.8, 4) is 0 Å². The van der Waals surface area contributed by atoms with Crippen molar-refractivity contribution >= 4 is 10.8 Å². The highest BCUT2D eigenvalue weighted by Crippen LogP contribution is 2.56. The van der Waals surface area contributed by atoms with Crippen LogP contribution in [0.2, 0.25) is 0 Å². The summed E-state index contributed by atoms with van der Waals surface area (Å²) >= 11 is 0. The van der Waals surface area contributed by atoms with Gasteiger partial charge in [-0.05, 0) is 29.0 Å². The Morgan fingerprint density at radius 3 is 1.87 bits per heavy atom. The molecule has 2 rings (SSSR count). The van der Waals surface area contributed by atoms with E-state index >= 15 is 0 Å². The second-order valence-electron chi connectivity index (χ2n) is 4.70. The first kappa shape index (κ1) is 17.4. The zero-order valence-electron chi connectivity index (χ0n) is 10.9. The molecule has 0 unspecified atom stereocenters. The van der Waals surface area contributed by atoms with E-state index in [1.807, 2.05) is 0 Å². The Bertz CT molecular complexity index is 716. The van der Waals surface area contributed by atoms with Crippen LogP contribution in [0, 0.1) is 6.07 Å². The molecule has 9 heteroatoms. The highest BCUT2D eigenvalue weighted by atomic mass is 19.4. The van der Waals surface area contributed by atoms with Gasteiger partial charge in [-0.3, -0.25) is 0 Å². The van der Waals surface area contributed by atoms with E-state index in [1.54, 1.807) is 0 Å². The molecule has 0 aliphatic carbocycles. The molecule has 0 aliphatic heterocycles. The van der Waals surface area contributed by atoms with Crippen molar-refractivity contribution in [3.05, 3.63) is 48.0 Å². The van der Waals surface area contributed by atoms with Crippen molar-refractivity contribution in [1.29, 1.82) is 0 Å². The fourth-order valence-corrected chi connectivity index (χ4v) is 1.86. The first-order valence-corrected chi connectivity index (χ1v) is 5.93. The van der Waals surface area contributed by atoms with Crippen LogP contribution in [0.4, 0.5) is 39.5 Å². The summed E-state index contributed by atoms with van der Waals surface area (Å²) in [5.74, 6) is -19.3. The average molecular weight is 345 g/mol. The van der Waals surface area contributed by atoms with Crippen LogP contribution >= 0.6 is 0 Å². The molecule has 0 spiro atoms. The number of alkyl halides is 9. The Morgan fingerprint density at radius 1 is 0.739 bits per heavy atom. The van der Waals surface area contributed by atoms with Crippen LogP contribution in [0.25, 0.3) is 10.8 Å². The number of rotatable bonds is 3. The molecular weight excluding hydrogens is 339 g/mol. The monoisotopic (exact) mass is 345 g/mol. The molecule has 0 N–H and O–H groups in total. The van der Waals surface area contributed by atoms with Gasteiger partial charge in [-0.1, -0.05) is 24.3 Å². The third-order valence-electron chi connectivity index (χ3n) is 3.16. The second-order valence-corrected chi connectivity index (χ2v) is 4.70. The van der Waals surface area contributed by atoms with Crippen molar-refractivity contribution in [2.75, 3.05) is 0 Å². The van der Waals surface area contributed by atoms with E-state index < -0.39 is 29.5 Å². The SMILES string of the molecule is FC(F)(F)C(F)(F)C(F)(F)C(F)(F)c1c[c]c2ccccc2c1. The summed E-state index contributed by atoms with van der Waals surface area (Å²) in [7, 11) is 0. The van der Waals surface area contributed by atoms with Crippen LogP contribution in [0.3, 0.4) is 0 Å². The van der Waals surface area contributed by atoms with Crippen LogP contribution in [-0.4, -0.2) is 18.0 Å². The van der Waals surface area contributed by atoms with Gasteiger partial charge in [0.25, 0.3) is 0 Å². The Kier molecular flexibility index (Phi) is 3.82. The summed E-state index contributed by atoms with van der Waals surface area (Å²) in [6.07, 6.45) is -6.83. The molecule has 0 saturated carbocycles. The van der Waals surface area contributed by atoms with Crippen LogP contribution in [0.15, 0.2) is 36.4 Å². The molecule has 0 saturated heterocycles. The van der Waals surface area contributed by atoms with Crippen LogP contribution < -0.4 is 0 Å². The molecule has 0 atom stereocenters. The minimum Gasteiger partial charge on any atom is -0.194 e. The van der Waals surface area contributed by atoms with Crippen molar-refractivity contribution in [3.63, 3.8) is 0 Å². The Morgan fingerprint density at radius 2 is 1.30 bits per heavy atom. The summed E-state index contributed by atoms with van der Waals surface area (Å²) in [5.41, 5.74) is -1.69. The van der Waals surface area contributed by atoms with Crippen LogP contribution in [0.1, 0.15) is 5.56 Å².